The zero-order valence-electron chi connectivity index (χ0n) is 30.3. The van der Waals surface area contributed by atoms with Crippen LogP contribution in [-0.4, -0.2) is 125 Å². The monoisotopic (exact) mass is 756 g/mol. The number of rotatable bonds is 9. The number of fused-ring (bicyclic) bond motifs is 3. The number of hydrogen-bond donors (Lipinski definition) is 0. The first-order valence-electron chi connectivity index (χ1n) is 18.7. The van der Waals surface area contributed by atoms with Gasteiger partial charge in [0, 0.05) is 80.0 Å². The molecule has 2 aromatic heterocycles. The lowest BCUT2D eigenvalue weighted by Gasteiger charge is -2.41. The molecule has 6 heterocycles. The Labute approximate surface area is 318 Å². The number of piperazine rings is 1. The van der Waals surface area contributed by atoms with E-state index in [2.05, 4.69) is 32.8 Å². The van der Waals surface area contributed by atoms with E-state index in [0.717, 1.165) is 37.9 Å². The molecule has 11 nitrogen and oxygen atoms in total. The van der Waals surface area contributed by atoms with Gasteiger partial charge in [-0.05, 0) is 37.8 Å². The summed E-state index contributed by atoms with van der Waals surface area (Å²) in [6.45, 7) is 7.30. The Bertz CT molecular complexity index is 2120. The lowest BCUT2D eigenvalue weighted by molar-refractivity contribution is -0.128. The van der Waals surface area contributed by atoms with Crippen molar-refractivity contribution in [2.75, 3.05) is 70.5 Å². The summed E-state index contributed by atoms with van der Waals surface area (Å²) >= 11 is 6.64. The number of morpholine rings is 1. The molecule has 1 unspecified atom stereocenters. The molecule has 4 aromatic rings. The van der Waals surface area contributed by atoms with Crippen LogP contribution >= 0.6 is 11.6 Å². The number of hydrogen-bond acceptors (Lipinski definition) is 10. The Hall–Kier alpha value is -4.48. The quantitative estimate of drug-likeness (QED) is 0.195. The third kappa shape index (κ3) is 6.96. The van der Waals surface area contributed by atoms with Crippen molar-refractivity contribution in [1.82, 2.24) is 29.7 Å². The summed E-state index contributed by atoms with van der Waals surface area (Å²) in [5.41, 5.74) is 0.174. The van der Waals surface area contributed by atoms with Crippen molar-refractivity contribution in [3.05, 3.63) is 65.6 Å². The molecule has 0 bridgehead atoms. The molecular weight excluding hydrogens is 714 g/mol. The predicted molar refractivity (Wildman–Crippen MR) is 203 cm³/mol. The highest BCUT2D eigenvalue weighted by atomic mass is 35.5. The summed E-state index contributed by atoms with van der Waals surface area (Å²) in [6.07, 6.45) is 6.34. The van der Waals surface area contributed by atoms with Crippen molar-refractivity contribution in [2.24, 2.45) is 0 Å². The van der Waals surface area contributed by atoms with Crippen LogP contribution in [-0.2, 0) is 9.53 Å². The SMILES string of the molecule is CC(/C=C/C(=O)N1CCN(c2nc(OC[C@@]34CCCN3C[C@H](F)C4)nc3c(F)c(-c4cccc5cccc(Cl)c45)ncc23)C[C@@H]1CC#N)N1CCOCC1. The van der Waals surface area contributed by atoms with Crippen LogP contribution < -0.4 is 9.64 Å². The van der Waals surface area contributed by atoms with Gasteiger partial charge in [0.1, 0.15) is 29.8 Å². The lowest BCUT2D eigenvalue weighted by Crippen LogP contribution is -2.55. The van der Waals surface area contributed by atoms with Crippen LogP contribution in [0, 0.1) is 17.1 Å². The maximum Gasteiger partial charge on any atom is 0.319 e. The Balaban J connectivity index is 1.13. The van der Waals surface area contributed by atoms with E-state index in [-0.39, 0.29) is 48.7 Å². The Morgan fingerprint density at radius 3 is 2.78 bits per heavy atom. The van der Waals surface area contributed by atoms with Gasteiger partial charge in [0.2, 0.25) is 5.91 Å². The normalized spacial score (nSPS) is 24.4. The molecule has 4 fully saturated rings. The molecule has 4 saturated heterocycles. The molecule has 4 aliphatic heterocycles. The molecule has 1 amide bonds. The number of pyridine rings is 1. The largest absolute Gasteiger partial charge is 0.461 e. The average molecular weight is 757 g/mol. The van der Waals surface area contributed by atoms with E-state index in [0.29, 0.717) is 66.4 Å². The van der Waals surface area contributed by atoms with E-state index in [4.69, 9.17) is 26.1 Å². The highest BCUT2D eigenvalue weighted by Gasteiger charge is 2.49. The standard InChI is InChI=1S/C40H43ClF2N8O3/c1-26(48-17-19-53-20-18-48)9-10-33(52)51-16-15-49(24-29(51)11-13-44)38-31-22-45-36(30-7-2-5-27-6-3-8-32(41)34(27)30)35(43)37(31)46-39(47-38)54-25-40-12-4-14-50(40)23-28(42)21-40/h2-3,5-10,22,26,28-29H,4,11-12,14-21,23-25H2,1H3/b10-9+/t26?,28-,29+,40+/m1/s1. The van der Waals surface area contributed by atoms with Gasteiger partial charge >= 0.3 is 6.01 Å². The van der Waals surface area contributed by atoms with Crippen molar-refractivity contribution in [2.45, 2.75) is 56.4 Å². The van der Waals surface area contributed by atoms with Crippen molar-refractivity contribution in [3.63, 3.8) is 0 Å². The van der Waals surface area contributed by atoms with Gasteiger partial charge in [0.25, 0.3) is 0 Å². The molecular formula is C40H43ClF2N8O3. The van der Waals surface area contributed by atoms with Gasteiger partial charge in [-0.2, -0.15) is 15.2 Å². The lowest BCUT2D eigenvalue weighted by atomic mass is 9.95. The van der Waals surface area contributed by atoms with E-state index >= 15 is 4.39 Å². The van der Waals surface area contributed by atoms with E-state index < -0.39 is 23.6 Å². The number of aromatic nitrogens is 3. The summed E-state index contributed by atoms with van der Waals surface area (Å²) in [7, 11) is 0. The number of halogens is 3. The van der Waals surface area contributed by atoms with Gasteiger partial charge in [0.15, 0.2) is 5.82 Å². The Morgan fingerprint density at radius 2 is 1.96 bits per heavy atom. The van der Waals surface area contributed by atoms with Crippen LogP contribution in [0.15, 0.2) is 54.7 Å². The van der Waals surface area contributed by atoms with Gasteiger partial charge in [-0.3, -0.25) is 19.6 Å². The third-order valence-electron chi connectivity index (χ3n) is 11.5. The van der Waals surface area contributed by atoms with Gasteiger partial charge in [0.05, 0.1) is 42.7 Å². The fraction of sp³-hybridized carbons (Fsp3) is 0.475. The second kappa shape index (κ2) is 15.3. The molecule has 4 atom stereocenters. The molecule has 0 radical (unpaired) electrons. The maximum atomic E-state index is 17.0. The fourth-order valence-electron chi connectivity index (χ4n) is 8.70. The summed E-state index contributed by atoms with van der Waals surface area (Å²) < 4.78 is 43.4. The molecule has 0 spiro atoms. The Kier molecular flexibility index (Phi) is 10.4. The highest BCUT2D eigenvalue weighted by molar-refractivity contribution is 6.36. The van der Waals surface area contributed by atoms with E-state index in [1.807, 2.05) is 35.2 Å². The van der Waals surface area contributed by atoms with Crippen LogP contribution in [0.5, 0.6) is 6.01 Å². The molecule has 4 aliphatic rings. The predicted octanol–water partition coefficient (Wildman–Crippen LogP) is 5.80. The molecule has 0 aliphatic carbocycles. The first-order chi connectivity index (χ1) is 26.2. The number of nitriles is 1. The number of carbonyl (C=O) groups excluding carboxylic acids is 1. The van der Waals surface area contributed by atoms with E-state index in [1.165, 1.54) is 0 Å². The second-order valence-corrected chi connectivity index (χ2v) is 15.2. The van der Waals surface area contributed by atoms with Gasteiger partial charge in [-0.1, -0.05) is 48.0 Å². The van der Waals surface area contributed by atoms with Gasteiger partial charge in [-0.25, -0.2) is 8.78 Å². The fourth-order valence-corrected chi connectivity index (χ4v) is 8.98. The number of amides is 1. The molecule has 0 N–H and O–H groups in total. The number of nitrogens with zero attached hydrogens (tertiary/aromatic N) is 8. The molecule has 54 heavy (non-hydrogen) atoms. The van der Waals surface area contributed by atoms with Crippen LogP contribution in [0.4, 0.5) is 14.6 Å². The molecule has 14 heteroatoms. The first-order valence-corrected chi connectivity index (χ1v) is 19.1. The minimum atomic E-state index is -0.936. The van der Waals surface area contributed by atoms with Crippen molar-refractivity contribution < 1.29 is 23.0 Å². The molecule has 8 rings (SSSR count). The first kappa shape index (κ1) is 36.5. The molecule has 2 aromatic carbocycles. The van der Waals surface area contributed by atoms with E-state index in [9.17, 15) is 14.4 Å². The maximum absolute atomic E-state index is 17.0. The van der Waals surface area contributed by atoms with E-state index in [1.54, 1.807) is 29.3 Å². The van der Waals surface area contributed by atoms with Crippen molar-refractivity contribution >= 4 is 45.0 Å². The number of benzene rings is 2. The van der Waals surface area contributed by atoms with Gasteiger partial charge < -0.3 is 19.3 Å². The minimum Gasteiger partial charge on any atom is -0.461 e. The summed E-state index contributed by atoms with van der Waals surface area (Å²) in [4.78, 5) is 35.7. The number of alkyl halides is 1. The van der Waals surface area contributed by atoms with Crippen LogP contribution in [0.25, 0.3) is 32.9 Å². The smallest absolute Gasteiger partial charge is 0.319 e. The second-order valence-electron chi connectivity index (χ2n) is 14.8. The summed E-state index contributed by atoms with van der Waals surface area (Å²) in [5, 5.41) is 12.2. The highest BCUT2D eigenvalue weighted by Crippen LogP contribution is 2.41. The summed E-state index contributed by atoms with van der Waals surface area (Å²) in [6, 6.07) is 12.9. The van der Waals surface area contributed by atoms with Crippen molar-refractivity contribution in [3.8, 4) is 23.3 Å². The average Bonchev–Trinajstić information content (AvgIpc) is 3.72. The minimum absolute atomic E-state index is 0.0231. The third-order valence-corrected chi connectivity index (χ3v) is 11.8. The molecule has 0 saturated carbocycles. The van der Waals surface area contributed by atoms with Gasteiger partial charge in [-0.15, -0.1) is 0 Å². The topological polar surface area (TPSA) is 111 Å². The van der Waals surface area contributed by atoms with Crippen LogP contribution in [0.3, 0.4) is 0 Å². The van der Waals surface area contributed by atoms with Crippen LogP contribution in [0.2, 0.25) is 5.02 Å². The van der Waals surface area contributed by atoms with Crippen molar-refractivity contribution in [1.29, 1.82) is 5.26 Å². The zero-order valence-corrected chi connectivity index (χ0v) is 31.0. The number of anilines is 1. The number of ether oxygens (including phenoxy) is 2. The molecule has 282 valence electrons. The zero-order chi connectivity index (χ0) is 37.4. The summed E-state index contributed by atoms with van der Waals surface area (Å²) in [5.74, 6) is -0.424. The van der Waals surface area contributed by atoms with Crippen LogP contribution in [0.1, 0.15) is 32.6 Å². The Morgan fingerprint density at radius 1 is 1.15 bits per heavy atom. The number of carbonyl (C=O) groups is 1.